The van der Waals surface area contributed by atoms with Gasteiger partial charge in [-0.1, -0.05) is 96.2 Å². The third-order valence-corrected chi connectivity index (χ3v) is 16.5. The minimum absolute atomic E-state index is 0.0239. The van der Waals surface area contributed by atoms with Crippen LogP contribution >= 0.6 is 35.2 Å². The molecule has 0 radical (unpaired) electrons. The number of thioether (sulfide) groups is 1. The summed E-state index contributed by atoms with van der Waals surface area (Å²) in [6, 6.07) is 0. The second-order valence-corrected chi connectivity index (χ2v) is 24.7. The largest absolute Gasteiger partial charge is 0.790 e. The number of hydrogen-bond donors (Lipinski definition) is 7. The molecule has 436 valence electrons. The van der Waals surface area contributed by atoms with Gasteiger partial charge in [0.25, 0.3) is 15.6 Å². The maximum Gasteiger partial charge on any atom is 0.274 e. The number of amides is 2. The number of aliphatic hydroxyl groups is 4. The molecule has 0 spiro atoms. The number of carbonyl (C=O) groups is 3. The van der Waals surface area contributed by atoms with Crippen molar-refractivity contribution in [3.63, 3.8) is 0 Å². The van der Waals surface area contributed by atoms with E-state index in [9.17, 15) is 68.1 Å². The number of carbonyl (C=O) groups excluding carboxylic acids is 3. The Bertz CT molecular complexity index is 2280. The van der Waals surface area contributed by atoms with Crippen LogP contribution in [0.25, 0.3) is 11.2 Å². The number of aromatic nitrogens is 4. The van der Waals surface area contributed by atoms with E-state index in [0.717, 1.165) is 73.9 Å². The molecule has 0 saturated carbocycles. The Hall–Kier alpha value is -2.60. The molecule has 2 fully saturated rings. The summed E-state index contributed by atoms with van der Waals surface area (Å²) in [5.41, 5.74) is 4.07. The third-order valence-electron chi connectivity index (χ3n) is 12.5. The lowest BCUT2D eigenvalue weighted by molar-refractivity contribution is -0.347. The number of aliphatic hydroxyl groups excluding tert-OH is 4. The number of anilines is 1. The number of hydrogen-bond acceptors (Lipinski definition) is 26. The summed E-state index contributed by atoms with van der Waals surface area (Å²) in [6.45, 7) is 3.87. The van der Waals surface area contributed by atoms with Crippen molar-refractivity contribution < 1.29 is 100 Å². The van der Waals surface area contributed by atoms with Crippen molar-refractivity contribution in [3.05, 3.63) is 12.7 Å². The van der Waals surface area contributed by atoms with Gasteiger partial charge < -0.3 is 88.7 Å². The Labute approximate surface area is 445 Å². The molecule has 12 atom stereocenters. The molecule has 0 aliphatic carbocycles. The Morgan fingerprint density at radius 2 is 1.49 bits per heavy atom. The zero-order valence-electron chi connectivity index (χ0n) is 43.1. The van der Waals surface area contributed by atoms with E-state index in [-0.39, 0.29) is 60.2 Å². The van der Waals surface area contributed by atoms with Gasteiger partial charge in [0.1, 0.15) is 42.4 Å². The first-order chi connectivity index (χ1) is 35.7. The summed E-state index contributed by atoms with van der Waals surface area (Å²) in [5, 5.41) is 46.4. The van der Waals surface area contributed by atoms with E-state index in [1.165, 1.54) is 52.4 Å². The van der Waals surface area contributed by atoms with Gasteiger partial charge in [0.05, 0.1) is 45.7 Å². The van der Waals surface area contributed by atoms with E-state index >= 15 is 0 Å². The smallest absolute Gasteiger partial charge is 0.274 e. The number of nitrogen functional groups attached to an aromatic ring is 1. The Kier molecular flexibility index (Phi) is 27.2. The zero-order valence-corrected chi connectivity index (χ0v) is 46.6. The molecule has 2 aromatic heterocycles. The van der Waals surface area contributed by atoms with Crippen molar-refractivity contribution in [3.8, 4) is 0 Å². The average Bonchev–Trinajstić information content (AvgIpc) is 3.90. The molecule has 28 nitrogen and oxygen atoms in total. The van der Waals surface area contributed by atoms with E-state index in [1.54, 1.807) is 6.92 Å². The highest BCUT2D eigenvalue weighted by Crippen LogP contribution is 2.56. The van der Waals surface area contributed by atoms with Crippen LogP contribution in [0.15, 0.2) is 12.7 Å². The lowest BCUT2D eigenvalue weighted by Gasteiger charge is -2.36. The topological polar surface area (TPSA) is 434 Å². The quantitative estimate of drug-likeness (QED) is 0.0367. The van der Waals surface area contributed by atoms with Gasteiger partial charge in [0.2, 0.25) is 11.8 Å². The Morgan fingerprint density at radius 3 is 2.13 bits per heavy atom. The van der Waals surface area contributed by atoms with Crippen LogP contribution in [0.4, 0.5) is 5.82 Å². The number of nitrogens with one attached hydrogen (secondary N) is 2. The van der Waals surface area contributed by atoms with E-state index in [2.05, 4.69) is 43.5 Å². The van der Waals surface area contributed by atoms with Crippen LogP contribution in [0, 0.1) is 5.41 Å². The fourth-order valence-electron chi connectivity index (χ4n) is 8.18. The predicted octanol–water partition coefficient (Wildman–Crippen LogP) is 0.860. The lowest BCUT2D eigenvalue weighted by atomic mass is 9.87. The summed E-state index contributed by atoms with van der Waals surface area (Å²) in [4.78, 5) is 97.1. The summed E-state index contributed by atoms with van der Waals surface area (Å²) >= 11 is 1.12. The summed E-state index contributed by atoms with van der Waals surface area (Å²) in [7, 11) is -17.6. The molecule has 2 aliphatic rings. The number of unbranched alkanes of at least 4 members (excludes halogenated alkanes) is 11. The van der Waals surface area contributed by atoms with Crippen molar-refractivity contribution in [2.45, 2.75) is 192 Å². The summed E-state index contributed by atoms with van der Waals surface area (Å²) < 4.78 is 72.4. The molecule has 2 saturated heterocycles. The number of nitrogens with zero attached hydrogens (tertiary/aromatic N) is 4. The van der Waals surface area contributed by atoms with E-state index in [4.69, 9.17) is 19.9 Å². The maximum atomic E-state index is 12.7. The molecule has 32 heteroatoms. The molecule has 2 amide bonds. The van der Waals surface area contributed by atoms with Gasteiger partial charge in [-0.15, -0.1) is 0 Å². The molecule has 4 heterocycles. The standard InChI is InChI=1S/C44H78N7O21P3S/c1-28(68-43-31(53)23-30(52)29(2)69-43)17-15-13-11-9-7-5-6-8-10-12-14-16-18-34(55)76-22-21-46-33(54)19-20-47-41(58)38(57)44(3,4)25-67-75(64,65)72-74(62,63)66-24-32-37(71-73(59,60)61)36(56)42(70-32)51-27-50-35-39(45)48-26-49-40(35)51/h26-32,36-38,42-43,52-53,56-57H,5-25H2,1-4H3,(H,46,54)(H,47,58)(H,62,63)(H,64,65)(H2,45,48,49)(H2,59,60,61)/p-4/t28-,29+,30-,31-,32-,36-,37-,38+,42-,43-/m1/s1. The summed E-state index contributed by atoms with van der Waals surface area (Å²) in [5.74, 6) is -1.19. The van der Waals surface area contributed by atoms with E-state index < -0.39 is 103 Å². The van der Waals surface area contributed by atoms with Gasteiger partial charge in [-0.05, 0) is 26.7 Å². The van der Waals surface area contributed by atoms with Gasteiger partial charge in [0, 0.05) is 43.5 Å². The first kappa shape index (κ1) is 65.9. The fourth-order valence-corrected chi connectivity index (χ4v) is 11.6. The van der Waals surface area contributed by atoms with Gasteiger partial charge in [-0.25, -0.2) is 19.3 Å². The van der Waals surface area contributed by atoms with Gasteiger partial charge in [-0.3, -0.25) is 28.1 Å². The van der Waals surface area contributed by atoms with Crippen LogP contribution in [-0.4, -0.2) is 144 Å². The van der Waals surface area contributed by atoms with Crippen molar-refractivity contribution in [1.29, 1.82) is 0 Å². The molecule has 2 aromatic rings. The molecule has 0 aromatic carbocycles. The van der Waals surface area contributed by atoms with Gasteiger partial charge in [0.15, 0.2) is 29.1 Å². The zero-order chi connectivity index (χ0) is 56.3. The Balaban J connectivity index is 1.000. The highest BCUT2D eigenvalue weighted by molar-refractivity contribution is 8.13. The third kappa shape index (κ3) is 22.9. The molecular formula is C44H74N7O21P3S-4. The normalized spacial score (nSPS) is 24.7. The highest BCUT2D eigenvalue weighted by Gasteiger charge is 2.47. The lowest BCUT2D eigenvalue weighted by Crippen LogP contribution is -2.48. The number of phosphoric acid groups is 3. The monoisotopic (exact) mass is 1160 g/mol. The van der Waals surface area contributed by atoms with Crippen molar-refractivity contribution in [1.82, 2.24) is 30.2 Å². The molecule has 76 heavy (non-hydrogen) atoms. The second-order valence-electron chi connectivity index (χ2n) is 19.5. The molecule has 8 N–H and O–H groups in total. The SMILES string of the molecule is C[C@H](CCCCCCCCCCCCCCC(=O)SCCNC(=O)CCNC(=O)[C@H](O)C(C)(C)COP(=O)([O-])OP(=O)([O-])OC[C@H]1O[C@@H](n2cnc3c(N)ncnc32)[C@H](O)[C@@H]1OP(=O)([O-])[O-])O[C@@H]1O[C@@H](C)[C@H](O)C[C@H]1O. The number of fused-ring (bicyclic) bond motifs is 1. The number of phosphoric ester groups is 3. The van der Waals surface area contributed by atoms with Crippen LogP contribution in [0.1, 0.15) is 137 Å². The molecule has 0 bridgehead atoms. The molecule has 2 unspecified atom stereocenters. The molecular weight excluding hydrogens is 1090 g/mol. The fraction of sp³-hybridized carbons (Fsp3) is 0.818. The second kappa shape index (κ2) is 31.4. The van der Waals surface area contributed by atoms with Crippen molar-refractivity contribution in [2.24, 2.45) is 5.41 Å². The van der Waals surface area contributed by atoms with Gasteiger partial charge >= 0.3 is 0 Å². The first-order valence-electron chi connectivity index (χ1n) is 25.3. The highest BCUT2D eigenvalue weighted by atomic mass is 32.2. The van der Waals surface area contributed by atoms with Crippen LogP contribution in [0.5, 0.6) is 0 Å². The average molecular weight is 1160 g/mol. The molecule has 4 rings (SSSR count). The van der Waals surface area contributed by atoms with Crippen LogP contribution in [0.3, 0.4) is 0 Å². The van der Waals surface area contributed by atoms with Crippen molar-refractivity contribution >= 4 is 69.1 Å². The minimum Gasteiger partial charge on any atom is -0.790 e. The minimum atomic E-state index is -5.93. The van der Waals surface area contributed by atoms with E-state index in [1.807, 2.05) is 6.92 Å². The van der Waals surface area contributed by atoms with Crippen LogP contribution < -0.4 is 35.9 Å². The van der Waals surface area contributed by atoms with E-state index in [0.29, 0.717) is 12.2 Å². The van der Waals surface area contributed by atoms with Crippen molar-refractivity contribution in [2.75, 3.05) is 37.8 Å². The summed E-state index contributed by atoms with van der Waals surface area (Å²) in [6.07, 6.45) is 4.68. The number of imidazole rings is 1. The first-order valence-corrected chi connectivity index (χ1v) is 30.7. The number of ether oxygens (including phenoxy) is 3. The maximum absolute atomic E-state index is 12.7. The molecule has 2 aliphatic heterocycles. The number of rotatable bonds is 36. The van der Waals surface area contributed by atoms with Crippen LogP contribution in [0.2, 0.25) is 0 Å². The van der Waals surface area contributed by atoms with Crippen LogP contribution in [-0.2, 0) is 60.2 Å². The van der Waals surface area contributed by atoms with Gasteiger partial charge in [-0.2, -0.15) is 0 Å². The predicted molar refractivity (Wildman–Crippen MR) is 264 cm³/mol. The Morgan fingerprint density at radius 1 is 0.868 bits per heavy atom. The number of nitrogens with two attached hydrogens (primary N) is 1.